The quantitative estimate of drug-likeness (QED) is 0.854. The molecule has 4 nitrogen and oxygen atoms in total. The van der Waals surface area contributed by atoms with Crippen molar-refractivity contribution in [2.75, 3.05) is 25.5 Å². The topological polar surface area (TPSA) is 45.2 Å². The number of hydrogen-bond acceptors (Lipinski definition) is 3. The highest BCUT2D eigenvalue weighted by atomic mass is 16.2. The first-order valence-corrected chi connectivity index (χ1v) is 7.58. The van der Waals surface area contributed by atoms with Crippen molar-refractivity contribution in [3.8, 4) is 0 Å². The van der Waals surface area contributed by atoms with E-state index >= 15 is 0 Å². The Labute approximate surface area is 132 Å². The molecule has 0 aliphatic carbocycles. The normalized spacial score (nSPS) is 10.3. The van der Waals surface area contributed by atoms with Gasteiger partial charge in [-0.25, -0.2) is 0 Å². The van der Waals surface area contributed by atoms with E-state index in [2.05, 4.69) is 29.4 Å². The molecular formula is C18H23N3O. The molecule has 0 radical (unpaired) electrons. The van der Waals surface area contributed by atoms with Gasteiger partial charge in [0.25, 0.3) is 0 Å². The summed E-state index contributed by atoms with van der Waals surface area (Å²) in [6, 6.07) is 12.2. The van der Waals surface area contributed by atoms with Gasteiger partial charge < -0.3 is 10.2 Å². The molecule has 1 amide bonds. The van der Waals surface area contributed by atoms with Crippen LogP contribution in [0.4, 0.5) is 5.69 Å². The predicted octanol–water partition coefficient (Wildman–Crippen LogP) is 2.89. The van der Waals surface area contributed by atoms with Gasteiger partial charge in [0, 0.05) is 44.6 Å². The molecule has 0 saturated carbocycles. The Kier molecular flexibility index (Phi) is 5.95. The molecule has 2 aromatic rings. The summed E-state index contributed by atoms with van der Waals surface area (Å²) in [7, 11) is 1.86. The fraction of sp³-hybridized carbons (Fsp3) is 0.333. The molecule has 0 atom stereocenters. The minimum absolute atomic E-state index is 0.161. The zero-order valence-electron chi connectivity index (χ0n) is 13.2. The van der Waals surface area contributed by atoms with E-state index in [0.717, 1.165) is 18.7 Å². The van der Waals surface area contributed by atoms with Gasteiger partial charge in [0.05, 0.1) is 0 Å². The molecule has 2 rings (SSSR count). The molecule has 0 bridgehead atoms. The van der Waals surface area contributed by atoms with Gasteiger partial charge in [-0.3, -0.25) is 9.78 Å². The Hall–Kier alpha value is -2.36. The van der Waals surface area contributed by atoms with Crippen LogP contribution < -0.4 is 5.32 Å². The zero-order valence-corrected chi connectivity index (χ0v) is 13.2. The minimum Gasteiger partial charge on any atom is -0.385 e. The lowest BCUT2D eigenvalue weighted by Crippen LogP contribution is -2.30. The number of pyridine rings is 1. The van der Waals surface area contributed by atoms with Gasteiger partial charge in [0.1, 0.15) is 0 Å². The third-order valence-corrected chi connectivity index (χ3v) is 3.63. The van der Waals surface area contributed by atoms with E-state index in [1.165, 1.54) is 11.1 Å². The molecule has 0 spiro atoms. The number of carbonyl (C=O) groups excluding carboxylic acids is 1. The molecule has 0 aliphatic rings. The first-order chi connectivity index (χ1) is 10.6. The van der Waals surface area contributed by atoms with Gasteiger partial charge in [-0.05, 0) is 43.2 Å². The lowest BCUT2D eigenvalue weighted by Gasteiger charge is -2.17. The van der Waals surface area contributed by atoms with Crippen LogP contribution in [0.25, 0.3) is 0 Å². The Morgan fingerprint density at radius 2 is 1.82 bits per heavy atom. The zero-order chi connectivity index (χ0) is 15.8. The Morgan fingerprint density at radius 3 is 2.50 bits per heavy atom. The number of anilines is 1. The number of carbonyl (C=O) groups is 1. The fourth-order valence-electron chi connectivity index (χ4n) is 2.15. The van der Waals surface area contributed by atoms with E-state index in [4.69, 9.17) is 0 Å². The van der Waals surface area contributed by atoms with Crippen LogP contribution in [0.1, 0.15) is 17.5 Å². The van der Waals surface area contributed by atoms with E-state index in [0.29, 0.717) is 13.0 Å². The highest BCUT2D eigenvalue weighted by Crippen LogP contribution is 2.08. The van der Waals surface area contributed by atoms with Crippen molar-refractivity contribution < 1.29 is 4.79 Å². The summed E-state index contributed by atoms with van der Waals surface area (Å²) >= 11 is 0. The van der Waals surface area contributed by atoms with Crippen LogP contribution in [0.5, 0.6) is 0 Å². The molecule has 0 aliphatic heterocycles. The van der Waals surface area contributed by atoms with Crippen LogP contribution in [-0.4, -0.2) is 35.9 Å². The maximum absolute atomic E-state index is 12.1. The molecule has 1 heterocycles. The Balaban J connectivity index is 1.69. The van der Waals surface area contributed by atoms with E-state index < -0.39 is 0 Å². The SMILES string of the molecule is Cc1ccc(NCCC(=O)N(C)CCc2ccncc2)cc1. The average Bonchev–Trinajstić information content (AvgIpc) is 2.55. The van der Waals surface area contributed by atoms with Gasteiger partial charge in [0.15, 0.2) is 0 Å². The monoisotopic (exact) mass is 297 g/mol. The molecule has 1 aromatic heterocycles. The van der Waals surface area contributed by atoms with Crippen LogP contribution in [0.15, 0.2) is 48.8 Å². The standard InChI is InChI=1S/C18H23N3O/c1-15-3-5-17(6-4-15)20-13-9-18(22)21(2)14-10-16-7-11-19-12-8-16/h3-8,11-12,20H,9-10,13-14H2,1-2H3. The summed E-state index contributed by atoms with van der Waals surface area (Å²) in [5, 5.41) is 3.28. The van der Waals surface area contributed by atoms with E-state index in [-0.39, 0.29) is 5.91 Å². The maximum Gasteiger partial charge on any atom is 0.224 e. The largest absolute Gasteiger partial charge is 0.385 e. The molecule has 0 saturated heterocycles. The number of nitrogens with zero attached hydrogens (tertiary/aromatic N) is 2. The predicted molar refractivity (Wildman–Crippen MR) is 89.9 cm³/mol. The Bertz CT molecular complexity index is 581. The summed E-state index contributed by atoms with van der Waals surface area (Å²) in [6.07, 6.45) is 4.92. The lowest BCUT2D eigenvalue weighted by atomic mass is 10.2. The summed E-state index contributed by atoms with van der Waals surface area (Å²) in [5.74, 6) is 0.161. The van der Waals surface area contributed by atoms with Crippen molar-refractivity contribution in [2.24, 2.45) is 0 Å². The van der Waals surface area contributed by atoms with Gasteiger partial charge in [0.2, 0.25) is 5.91 Å². The van der Waals surface area contributed by atoms with Crippen LogP contribution in [-0.2, 0) is 11.2 Å². The van der Waals surface area contributed by atoms with E-state index in [1.807, 2.05) is 31.3 Å². The number of likely N-dealkylation sites (N-methyl/N-ethyl adjacent to an activating group) is 1. The van der Waals surface area contributed by atoms with Gasteiger partial charge in [-0.15, -0.1) is 0 Å². The van der Waals surface area contributed by atoms with Crippen LogP contribution >= 0.6 is 0 Å². The fourth-order valence-corrected chi connectivity index (χ4v) is 2.15. The molecule has 4 heteroatoms. The van der Waals surface area contributed by atoms with Crippen molar-refractivity contribution >= 4 is 11.6 Å². The molecule has 0 unspecified atom stereocenters. The summed E-state index contributed by atoms with van der Waals surface area (Å²) in [5.41, 5.74) is 3.49. The van der Waals surface area contributed by atoms with Crippen molar-refractivity contribution in [3.05, 3.63) is 59.9 Å². The molecule has 116 valence electrons. The van der Waals surface area contributed by atoms with E-state index in [9.17, 15) is 4.79 Å². The first-order valence-electron chi connectivity index (χ1n) is 7.58. The summed E-state index contributed by atoms with van der Waals surface area (Å²) in [6.45, 7) is 3.44. The number of aryl methyl sites for hydroxylation is 1. The molecule has 1 aromatic carbocycles. The lowest BCUT2D eigenvalue weighted by molar-refractivity contribution is -0.129. The number of aromatic nitrogens is 1. The number of benzene rings is 1. The third-order valence-electron chi connectivity index (χ3n) is 3.63. The minimum atomic E-state index is 0.161. The van der Waals surface area contributed by atoms with Crippen molar-refractivity contribution in [1.29, 1.82) is 0 Å². The summed E-state index contributed by atoms with van der Waals surface area (Å²) in [4.78, 5) is 17.9. The van der Waals surface area contributed by atoms with Gasteiger partial charge >= 0.3 is 0 Å². The van der Waals surface area contributed by atoms with E-state index in [1.54, 1.807) is 17.3 Å². The Morgan fingerprint density at radius 1 is 1.14 bits per heavy atom. The average molecular weight is 297 g/mol. The van der Waals surface area contributed by atoms with Crippen molar-refractivity contribution in [2.45, 2.75) is 19.8 Å². The van der Waals surface area contributed by atoms with Crippen LogP contribution in [0.2, 0.25) is 0 Å². The van der Waals surface area contributed by atoms with Crippen LogP contribution in [0.3, 0.4) is 0 Å². The highest BCUT2D eigenvalue weighted by Gasteiger charge is 2.08. The maximum atomic E-state index is 12.1. The molecule has 0 fully saturated rings. The summed E-state index contributed by atoms with van der Waals surface area (Å²) < 4.78 is 0. The molecule has 22 heavy (non-hydrogen) atoms. The van der Waals surface area contributed by atoms with Gasteiger partial charge in [-0.2, -0.15) is 0 Å². The molecule has 1 N–H and O–H groups in total. The van der Waals surface area contributed by atoms with Crippen LogP contribution in [0, 0.1) is 6.92 Å². The van der Waals surface area contributed by atoms with Crippen molar-refractivity contribution in [3.63, 3.8) is 0 Å². The number of amides is 1. The highest BCUT2D eigenvalue weighted by molar-refractivity contribution is 5.76. The second-order valence-corrected chi connectivity index (χ2v) is 5.46. The number of hydrogen-bond donors (Lipinski definition) is 1. The smallest absolute Gasteiger partial charge is 0.224 e. The second-order valence-electron chi connectivity index (χ2n) is 5.46. The molecular weight excluding hydrogens is 274 g/mol. The third kappa shape index (κ3) is 5.20. The first kappa shape index (κ1) is 16.0. The van der Waals surface area contributed by atoms with Crippen molar-refractivity contribution in [1.82, 2.24) is 9.88 Å². The number of rotatable bonds is 7. The number of nitrogens with one attached hydrogen (secondary N) is 1. The van der Waals surface area contributed by atoms with Gasteiger partial charge in [-0.1, -0.05) is 17.7 Å². The second kappa shape index (κ2) is 8.17.